The fourth-order valence-electron chi connectivity index (χ4n) is 4.32. The van der Waals surface area contributed by atoms with Crippen LogP contribution in [-0.2, 0) is 4.79 Å². The predicted molar refractivity (Wildman–Crippen MR) is 102 cm³/mol. The molecule has 1 amide bonds. The monoisotopic (exact) mass is 393 g/mol. The molecule has 1 atom stereocenters. The Balaban J connectivity index is 1.51. The third-order valence-corrected chi connectivity index (χ3v) is 6.67. The van der Waals surface area contributed by atoms with Crippen LogP contribution in [0.4, 0.5) is 4.39 Å². The number of aliphatic hydroxyl groups is 1. The summed E-state index contributed by atoms with van der Waals surface area (Å²) >= 11 is 6.23. The topological polar surface area (TPSA) is 69.2 Å². The number of aromatic amines is 1. The molecule has 7 heteroatoms. The average Bonchev–Trinajstić information content (AvgIpc) is 3.23. The number of benzene rings is 1. The van der Waals surface area contributed by atoms with Crippen LogP contribution in [0.5, 0.6) is 0 Å². The fourth-order valence-corrected chi connectivity index (χ4v) is 4.56. The molecule has 1 aromatic heterocycles. The van der Waals surface area contributed by atoms with E-state index < -0.39 is 17.2 Å². The first-order valence-corrected chi connectivity index (χ1v) is 9.89. The van der Waals surface area contributed by atoms with Gasteiger partial charge in [0.25, 0.3) is 5.91 Å². The molecule has 0 radical (unpaired) electrons. The van der Waals surface area contributed by atoms with E-state index in [0.29, 0.717) is 31.0 Å². The van der Waals surface area contributed by atoms with E-state index in [1.807, 2.05) is 19.9 Å². The van der Waals surface area contributed by atoms with Gasteiger partial charge >= 0.3 is 0 Å². The third kappa shape index (κ3) is 3.23. The number of halogens is 2. The average molecular weight is 394 g/mol. The van der Waals surface area contributed by atoms with Crippen LogP contribution in [0.1, 0.15) is 51.2 Å². The van der Waals surface area contributed by atoms with Gasteiger partial charge in [-0.1, -0.05) is 25.4 Å². The maximum Gasteiger partial charge on any atom is 0.260 e. The Morgan fingerprint density at radius 3 is 2.70 bits per heavy atom. The number of H-pyrrole nitrogens is 1. The summed E-state index contributed by atoms with van der Waals surface area (Å²) in [6.07, 6.45) is 3.16. The number of nitrogens with one attached hydrogen (secondary N) is 1. The van der Waals surface area contributed by atoms with Gasteiger partial charge < -0.3 is 10.0 Å². The summed E-state index contributed by atoms with van der Waals surface area (Å²) in [5, 5.41) is 19.7. The number of fused-ring (bicyclic) bond motifs is 1. The molecule has 27 heavy (non-hydrogen) atoms. The number of aromatic nitrogens is 2. The van der Waals surface area contributed by atoms with E-state index in [1.165, 1.54) is 0 Å². The van der Waals surface area contributed by atoms with Crippen LogP contribution in [0.3, 0.4) is 0 Å². The second-order valence-corrected chi connectivity index (χ2v) is 9.02. The highest BCUT2D eigenvalue weighted by Crippen LogP contribution is 2.47. The van der Waals surface area contributed by atoms with E-state index in [1.54, 1.807) is 17.2 Å². The second-order valence-electron chi connectivity index (χ2n) is 8.58. The maximum absolute atomic E-state index is 14.1. The smallest absolute Gasteiger partial charge is 0.260 e. The molecule has 2 heterocycles. The SMILES string of the molecule is CC(C)(C1CCN(C(=O)C2(F)CC2)CC1)[C@H](O)c1cc(Cl)cc2cn[nH]c12. The molecule has 146 valence electrons. The summed E-state index contributed by atoms with van der Waals surface area (Å²) in [7, 11) is 0. The lowest BCUT2D eigenvalue weighted by atomic mass is 9.68. The quantitative estimate of drug-likeness (QED) is 0.824. The van der Waals surface area contributed by atoms with Crippen molar-refractivity contribution in [1.82, 2.24) is 15.1 Å². The van der Waals surface area contributed by atoms with E-state index in [2.05, 4.69) is 10.2 Å². The van der Waals surface area contributed by atoms with Crippen LogP contribution in [0.25, 0.3) is 10.9 Å². The molecular weight excluding hydrogens is 369 g/mol. The highest BCUT2D eigenvalue weighted by Gasteiger charge is 2.53. The Labute approximate surface area is 162 Å². The molecule has 0 unspecified atom stereocenters. The number of rotatable bonds is 4. The maximum atomic E-state index is 14.1. The van der Waals surface area contributed by atoms with Crippen molar-refractivity contribution >= 4 is 28.4 Å². The molecule has 1 aliphatic carbocycles. The molecule has 0 spiro atoms. The fraction of sp³-hybridized carbons (Fsp3) is 0.600. The Hall–Kier alpha value is -1.66. The zero-order chi connectivity index (χ0) is 19.4. The molecule has 4 rings (SSSR count). The van der Waals surface area contributed by atoms with E-state index in [-0.39, 0.29) is 11.8 Å². The number of likely N-dealkylation sites (tertiary alicyclic amines) is 1. The van der Waals surface area contributed by atoms with Crippen molar-refractivity contribution in [2.45, 2.75) is 51.3 Å². The van der Waals surface area contributed by atoms with Crippen molar-refractivity contribution < 1.29 is 14.3 Å². The lowest BCUT2D eigenvalue weighted by Crippen LogP contribution is -2.46. The van der Waals surface area contributed by atoms with Crippen LogP contribution in [0.15, 0.2) is 18.3 Å². The first-order chi connectivity index (χ1) is 12.7. The van der Waals surface area contributed by atoms with E-state index in [9.17, 15) is 14.3 Å². The molecular formula is C20H25ClFN3O2. The van der Waals surface area contributed by atoms with Crippen LogP contribution in [0.2, 0.25) is 5.02 Å². The summed E-state index contributed by atoms with van der Waals surface area (Å²) in [4.78, 5) is 13.9. The highest BCUT2D eigenvalue weighted by atomic mass is 35.5. The number of aliphatic hydroxyl groups excluding tert-OH is 1. The zero-order valence-electron chi connectivity index (χ0n) is 15.6. The minimum absolute atomic E-state index is 0.211. The standard InChI is InChI=1S/C20H25ClFN3O2/c1-19(2,13-3-7-25(8-4-13)18(27)20(22)5-6-20)17(26)15-10-14(21)9-12-11-23-24-16(12)15/h9-11,13,17,26H,3-8H2,1-2H3,(H,23,24)/t17-/m1/s1. The zero-order valence-corrected chi connectivity index (χ0v) is 16.4. The number of amides is 1. The van der Waals surface area contributed by atoms with Gasteiger partial charge in [0.15, 0.2) is 5.67 Å². The highest BCUT2D eigenvalue weighted by molar-refractivity contribution is 6.31. The van der Waals surface area contributed by atoms with Crippen molar-refractivity contribution in [3.63, 3.8) is 0 Å². The number of carbonyl (C=O) groups excluding carboxylic acids is 1. The van der Waals surface area contributed by atoms with Crippen LogP contribution in [0, 0.1) is 11.3 Å². The van der Waals surface area contributed by atoms with Crippen molar-refractivity contribution in [3.8, 4) is 0 Å². The van der Waals surface area contributed by atoms with Gasteiger partial charge in [-0.3, -0.25) is 9.89 Å². The van der Waals surface area contributed by atoms with Crippen LogP contribution in [-0.4, -0.2) is 44.9 Å². The van der Waals surface area contributed by atoms with Gasteiger partial charge in [-0.15, -0.1) is 0 Å². The Morgan fingerprint density at radius 2 is 2.07 bits per heavy atom. The Kier molecular flexibility index (Phi) is 4.47. The van der Waals surface area contributed by atoms with Gasteiger partial charge in [-0.2, -0.15) is 5.10 Å². The lowest BCUT2D eigenvalue weighted by molar-refractivity contribution is -0.140. The van der Waals surface area contributed by atoms with Gasteiger partial charge in [-0.25, -0.2) is 4.39 Å². The lowest BCUT2D eigenvalue weighted by Gasteiger charge is -2.43. The molecule has 2 aliphatic rings. The molecule has 5 nitrogen and oxygen atoms in total. The number of nitrogens with zero attached hydrogens (tertiary/aromatic N) is 2. The number of hydrogen-bond donors (Lipinski definition) is 2. The van der Waals surface area contributed by atoms with Crippen LogP contribution < -0.4 is 0 Å². The minimum atomic E-state index is -1.60. The van der Waals surface area contributed by atoms with Crippen molar-refractivity contribution in [1.29, 1.82) is 0 Å². The summed E-state index contributed by atoms with van der Waals surface area (Å²) in [5.41, 5.74) is -0.500. The van der Waals surface area contributed by atoms with Crippen molar-refractivity contribution in [2.24, 2.45) is 11.3 Å². The normalized spacial score (nSPS) is 21.4. The number of piperidine rings is 1. The summed E-state index contributed by atoms with van der Waals surface area (Å²) in [6, 6.07) is 3.60. The molecule has 1 aliphatic heterocycles. The molecule has 1 saturated heterocycles. The van der Waals surface area contributed by atoms with Crippen molar-refractivity contribution in [3.05, 3.63) is 28.9 Å². The largest absolute Gasteiger partial charge is 0.388 e. The Morgan fingerprint density at radius 1 is 1.41 bits per heavy atom. The van der Waals surface area contributed by atoms with Crippen molar-refractivity contribution in [2.75, 3.05) is 13.1 Å². The summed E-state index contributed by atoms with van der Waals surface area (Å²) in [6.45, 7) is 5.17. The minimum Gasteiger partial charge on any atom is -0.388 e. The number of carbonyl (C=O) groups is 1. The molecule has 2 N–H and O–H groups in total. The molecule has 1 saturated carbocycles. The van der Waals surface area contributed by atoms with Gasteiger partial charge in [-0.05, 0) is 49.1 Å². The third-order valence-electron chi connectivity index (χ3n) is 6.45. The van der Waals surface area contributed by atoms with Gasteiger partial charge in [0.2, 0.25) is 0 Å². The first-order valence-electron chi connectivity index (χ1n) is 9.51. The number of alkyl halides is 1. The van der Waals surface area contributed by atoms with E-state index >= 15 is 0 Å². The predicted octanol–water partition coefficient (Wildman–Crippen LogP) is 4.02. The molecule has 1 aromatic carbocycles. The summed E-state index contributed by atoms with van der Waals surface area (Å²) < 4.78 is 14.1. The van der Waals surface area contributed by atoms with E-state index in [4.69, 9.17) is 11.6 Å². The number of hydrogen-bond acceptors (Lipinski definition) is 3. The second kappa shape index (κ2) is 6.45. The summed E-state index contributed by atoms with van der Waals surface area (Å²) in [5.74, 6) is -0.142. The van der Waals surface area contributed by atoms with Gasteiger partial charge in [0, 0.05) is 29.1 Å². The van der Waals surface area contributed by atoms with Gasteiger partial charge in [0.05, 0.1) is 17.8 Å². The van der Waals surface area contributed by atoms with Gasteiger partial charge in [0.1, 0.15) is 0 Å². The first kappa shape index (κ1) is 18.7. The Bertz CT molecular complexity index is 869. The molecule has 2 fully saturated rings. The van der Waals surface area contributed by atoms with Crippen LogP contribution >= 0.6 is 11.6 Å². The van der Waals surface area contributed by atoms with E-state index in [0.717, 1.165) is 29.3 Å². The molecule has 2 aromatic rings. The molecule has 0 bridgehead atoms.